The Balaban J connectivity index is 1.97. The first-order valence-electron chi connectivity index (χ1n) is 6.07. The molecule has 0 aromatic heterocycles. The highest BCUT2D eigenvalue weighted by Crippen LogP contribution is 2.22. The van der Waals surface area contributed by atoms with Gasteiger partial charge in [-0.3, -0.25) is 9.59 Å². The molecule has 0 radical (unpaired) electrons. The van der Waals surface area contributed by atoms with E-state index in [-0.39, 0.29) is 23.3 Å². The van der Waals surface area contributed by atoms with Crippen molar-refractivity contribution in [3.8, 4) is 5.75 Å². The minimum absolute atomic E-state index is 0.0930. The van der Waals surface area contributed by atoms with Gasteiger partial charge in [-0.15, -0.1) is 0 Å². The van der Waals surface area contributed by atoms with Gasteiger partial charge in [-0.05, 0) is 38.0 Å². The highest BCUT2D eigenvalue weighted by Gasteiger charge is 2.26. The van der Waals surface area contributed by atoms with Gasteiger partial charge in [0.05, 0.1) is 5.56 Å². The van der Waals surface area contributed by atoms with Gasteiger partial charge in [0.2, 0.25) is 5.91 Å². The van der Waals surface area contributed by atoms with Crippen molar-refractivity contribution in [1.82, 2.24) is 10.6 Å². The van der Waals surface area contributed by atoms with E-state index in [1.165, 1.54) is 18.2 Å². The van der Waals surface area contributed by atoms with Crippen molar-refractivity contribution < 1.29 is 14.7 Å². The Bertz CT molecular complexity index is 515. The predicted octanol–water partition coefficient (Wildman–Crippen LogP) is 1.44. The van der Waals surface area contributed by atoms with Crippen LogP contribution >= 0.6 is 11.6 Å². The summed E-state index contributed by atoms with van der Waals surface area (Å²) in [6.45, 7) is 1.60. The van der Waals surface area contributed by atoms with Crippen molar-refractivity contribution in [2.75, 3.05) is 0 Å². The van der Waals surface area contributed by atoms with Crippen LogP contribution in [0.5, 0.6) is 5.75 Å². The molecule has 5 nitrogen and oxygen atoms in total. The number of phenolic OH excluding ortho intramolecular Hbond substituents is 1. The summed E-state index contributed by atoms with van der Waals surface area (Å²) < 4.78 is 0. The smallest absolute Gasteiger partial charge is 0.255 e. The number of nitrogens with one attached hydrogen (secondary N) is 2. The molecule has 1 aromatic rings. The van der Waals surface area contributed by atoms with Crippen LogP contribution in [0.4, 0.5) is 0 Å². The van der Waals surface area contributed by atoms with Gasteiger partial charge in [0.1, 0.15) is 11.8 Å². The topological polar surface area (TPSA) is 78.4 Å². The van der Waals surface area contributed by atoms with E-state index in [9.17, 15) is 14.7 Å². The summed E-state index contributed by atoms with van der Waals surface area (Å²) in [7, 11) is 0. The minimum Gasteiger partial charge on any atom is -0.507 e. The van der Waals surface area contributed by atoms with Crippen molar-refractivity contribution in [3.63, 3.8) is 0 Å². The Kier molecular flexibility index (Phi) is 3.95. The van der Waals surface area contributed by atoms with Crippen LogP contribution in [-0.2, 0) is 4.79 Å². The van der Waals surface area contributed by atoms with Crippen LogP contribution in [0.15, 0.2) is 18.2 Å². The van der Waals surface area contributed by atoms with Gasteiger partial charge >= 0.3 is 0 Å². The van der Waals surface area contributed by atoms with Gasteiger partial charge in [-0.2, -0.15) is 0 Å². The fourth-order valence-electron chi connectivity index (χ4n) is 1.59. The highest BCUT2D eigenvalue weighted by molar-refractivity contribution is 6.30. The third kappa shape index (κ3) is 3.61. The van der Waals surface area contributed by atoms with Crippen molar-refractivity contribution in [1.29, 1.82) is 0 Å². The molecule has 2 rings (SSSR count). The zero-order chi connectivity index (χ0) is 14.0. The number of halogens is 1. The quantitative estimate of drug-likeness (QED) is 0.782. The van der Waals surface area contributed by atoms with E-state index < -0.39 is 11.9 Å². The lowest BCUT2D eigenvalue weighted by Gasteiger charge is -2.14. The van der Waals surface area contributed by atoms with Crippen LogP contribution in [0.1, 0.15) is 30.1 Å². The molecule has 0 heterocycles. The Morgan fingerprint density at radius 1 is 1.42 bits per heavy atom. The summed E-state index contributed by atoms with van der Waals surface area (Å²) in [5, 5.41) is 15.3. The van der Waals surface area contributed by atoms with Crippen molar-refractivity contribution in [2.24, 2.45) is 0 Å². The number of carbonyl (C=O) groups is 2. The Morgan fingerprint density at radius 3 is 2.68 bits per heavy atom. The first-order valence-corrected chi connectivity index (χ1v) is 6.45. The third-order valence-corrected chi connectivity index (χ3v) is 3.10. The van der Waals surface area contributed by atoms with Crippen molar-refractivity contribution >= 4 is 23.4 Å². The van der Waals surface area contributed by atoms with Crippen LogP contribution in [0.3, 0.4) is 0 Å². The predicted molar refractivity (Wildman–Crippen MR) is 71.2 cm³/mol. The zero-order valence-corrected chi connectivity index (χ0v) is 11.2. The van der Waals surface area contributed by atoms with Crippen LogP contribution in [0.2, 0.25) is 5.02 Å². The van der Waals surface area contributed by atoms with Crippen LogP contribution in [0.25, 0.3) is 0 Å². The molecule has 0 aliphatic heterocycles. The second-order valence-electron chi connectivity index (χ2n) is 4.64. The zero-order valence-electron chi connectivity index (χ0n) is 10.4. The summed E-state index contributed by atoms with van der Waals surface area (Å²) in [4.78, 5) is 23.6. The molecular formula is C13H15ClN2O3. The molecule has 1 saturated carbocycles. The molecule has 2 amide bonds. The molecule has 1 aliphatic carbocycles. The number of aromatic hydroxyl groups is 1. The molecule has 19 heavy (non-hydrogen) atoms. The minimum atomic E-state index is -0.650. The second-order valence-corrected chi connectivity index (χ2v) is 5.08. The highest BCUT2D eigenvalue weighted by atomic mass is 35.5. The first kappa shape index (κ1) is 13.7. The third-order valence-electron chi connectivity index (χ3n) is 2.87. The Morgan fingerprint density at radius 2 is 2.11 bits per heavy atom. The molecule has 0 saturated heterocycles. The number of hydrogen-bond donors (Lipinski definition) is 3. The van der Waals surface area contributed by atoms with E-state index >= 15 is 0 Å². The summed E-state index contributed by atoms with van der Waals surface area (Å²) in [6.07, 6.45) is 1.98. The van der Waals surface area contributed by atoms with E-state index in [1.54, 1.807) is 6.92 Å². The molecule has 0 spiro atoms. The summed E-state index contributed by atoms with van der Waals surface area (Å²) in [6, 6.07) is 3.80. The molecule has 1 unspecified atom stereocenters. The fourth-order valence-corrected chi connectivity index (χ4v) is 1.76. The van der Waals surface area contributed by atoms with Gasteiger partial charge in [-0.1, -0.05) is 11.6 Å². The first-order chi connectivity index (χ1) is 8.97. The molecule has 6 heteroatoms. The molecule has 1 aliphatic rings. The molecule has 1 atom stereocenters. The lowest BCUT2D eigenvalue weighted by atomic mass is 10.1. The summed E-state index contributed by atoms with van der Waals surface area (Å²) >= 11 is 5.69. The normalized spacial score (nSPS) is 15.7. The van der Waals surface area contributed by atoms with Crippen LogP contribution in [0, 0.1) is 0 Å². The number of phenols is 1. The molecular weight excluding hydrogens is 268 g/mol. The molecule has 0 bridgehead atoms. The Hall–Kier alpha value is -1.75. The fraction of sp³-hybridized carbons (Fsp3) is 0.385. The number of carbonyl (C=O) groups excluding carboxylic acids is 2. The van der Waals surface area contributed by atoms with Gasteiger partial charge in [0, 0.05) is 11.1 Å². The standard InChI is InChI=1S/C13H15ClN2O3/c1-7(12(18)16-9-3-4-9)15-13(19)10-5-2-8(14)6-11(10)17/h2,5-7,9,17H,3-4H2,1H3,(H,15,19)(H,16,18). The van der Waals surface area contributed by atoms with E-state index in [0.717, 1.165) is 12.8 Å². The largest absolute Gasteiger partial charge is 0.507 e. The van der Waals surface area contributed by atoms with Gasteiger partial charge in [0.25, 0.3) is 5.91 Å². The van der Waals surface area contributed by atoms with Crippen LogP contribution < -0.4 is 10.6 Å². The average molecular weight is 283 g/mol. The van der Waals surface area contributed by atoms with Crippen LogP contribution in [-0.4, -0.2) is 29.0 Å². The number of hydrogen-bond acceptors (Lipinski definition) is 3. The maximum absolute atomic E-state index is 11.9. The van der Waals surface area contributed by atoms with Gasteiger partial charge < -0.3 is 15.7 Å². The van der Waals surface area contributed by atoms with Gasteiger partial charge in [-0.25, -0.2) is 0 Å². The summed E-state index contributed by atoms with van der Waals surface area (Å²) in [5.41, 5.74) is 0.0930. The summed E-state index contributed by atoms with van der Waals surface area (Å²) in [5.74, 6) is -0.934. The second kappa shape index (κ2) is 5.48. The molecule has 1 fully saturated rings. The Labute approximate surface area is 116 Å². The van der Waals surface area contributed by atoms with E-state index in [1.807, 2.05) is 0 Å². The van der Waals surface area contributed by atoms with E-state index in [2.05, 4.69) is 10.6 Å². The van der Waals surface area contributed by atoms with E-state index in [0.29, 0.717) is 5.02 Å². The van der Waals surface area contributed by atoms with Crippen molar-refractivity contribution in [2.45, 2.75) is 31.8 Å². The number of amides is 2. The van der Waals surface area contributed by atoms with Crippen molar-refractivity contribution in [3.05, 3.63) is 28.8 Å². The molecule has 3 N–H and O–H groups in total. The lowest BCUT2D eigenvalue weighted by molar-refractivity contribution is -0.122. The maximum atomic E-state index is 11.9. The number of benzene rings is 1. The number of rotatable bonds is 4. The van der Waals surface area contributed by atoms with E-state index in [4.69, 9.17) is 11.6 Å². The average Bonchev–Trinajstić information content (AvgIpc) is 3.12. The molecule has 1 aromatic carbocycles. The maximum Gasteiger partial charge on any atom is 0.255 e. The van der Waals surface area contributed by atoms with Gasteiger partial charge in [0.15, 0.2) is 0 Å². The SMILES string of the molecule is CC(NC(=O)c1ccc(Cl)cc1O)C(=O)NC1CC1. The molecule has 102 valence electrons. The monoisotopic (exact) mass is 282 g/mol. The lowest BCUT2D eigenvalue weighted by Crippen LogP contribution is -2.45.